The van der Waals surface area contributed by atoms with Gasteiger partial charge >= 0.3 is 0 Å². The lowest BCUT2D eigenvalue weighted by molar-refractivity contribution is 0.0743. The SMILES string of the molecule is COc1ccc(Cl)cc1C(=O)N1CCN(c2ccc(N3CCOCC3)nn2)CC1. The molecule has 1 amide bonds. The number of benzene rings is 1. The lowest BCUT2D eigenvalue weighted by Gasteiger charge is -2.35. The van der Waals surface area contributed by atoms with Gasteiger partial charge in [-0.25, -0.2) is 0 Å². The summed E-state index contributed by atoms with van der Waals surface area (Å²) in [5, 5.41) is 9.29. The maximum absolute atomic E-state index is 12.9. The molecule has 0 N–H and O–H groups in total. The van der Waals surface area contributed by atoms with Crippen LogP contribution in [0.2, 0.25) is 5.02 Å². The van der Waals surface area contributed by atoms with Crippen molar-refractivity contribution in [2.75, 3.05) is 69.4 Å². The number of carbonyl (C=O) groups is 1. The van der Waals surface area contributed by atoms with Crippen LogP contribution in [0.15, 0.2) is 30.3 Å². The standard InChI is InChI=1S/C20H24ClN5O3/c1-28-17-3-2-15(21)14-16(17)20(27)26-8-6-24(7-9-26)18-4-5-19(23-22-18)25-10-12-29-13-11-25/h2-5,14H,6-13H2,1H3. The van der Waals surface area contributed by atoms with Gasteiger partial charge in [0.25, 0.3) is 5.91 Å². The van der Waals surface area contributed by atoms with Gasteiger partial charge in [0.05, 0.1) is 25.9 Å². The molecular weight excluding hydrogens is 394 g/mol. The van der Waals surface area contributed by atoms with Gasteiger partial charge < -0.3 is 24.2 Å². The summed E-state index contributed by atoms with van der Waals surface area (Å²) in [5.74, 6) is 2.16. The van der Waals surface area contributed by atoms with E-state index < -0.39 is 0 Å². The molecule has 0 aliphatic carbocycles. The van der Waals surface area contributed by atoms with Crippen molar-refractivity contribution in [1.82, 2.24) is 15.1 Å². The number of methoxy groups -OCH3 is 1. The molecule has 29 heavy (non-hydrogen) atoms. The molecule has 3 heterocycles. The molecule has 0 unspecified atom stereocenters. The van der Waals surface area contributed by atoms with Gasteiger partial charge in [0.15, 0.2) is 11.6 Å². The van der Waals surface area contributed by atoms with Crippen LogP contribution in [0.3, 0.4) is 0 Å². The molecular formula is C20H24ClN5O3. The van der Waals surface area contributed by atoms with Crippen molar-refractivity contribution in [3.05, 3.63) is 40.9 Å². The molecule has 2 aliphatic rings. The highest BCUT2D eigenvalue weighted by atomic mass is 35.5. The smallest absolute Gasteiger partial charge is 0.257 e. The Balaban J connectivity index is 1.38. The number of amides is 1. The quantitative estimate of drug-likeness (QED) is 0.752. The minimum absolute atomic E-state index is 0.0715. The third-order valence-corrected chi connectivity index (χ3v) is 5.49. The van der Waals surface area contributed by atoms with E-state index in [9.17, 15) is 4.79 Å². The van der Waals surface area contributed by atoms with E-state index in [1.807, 2.05) is 17.0 Å². The lowest BCUT2D eigenvalue weighted by Crippen LogP contribution is -2.49. The monoisotopic (exact) mass is 417 g/mol. The van der Waals surface area contributed by atoms with Crippen LogP contribution < -0.4 is 14.5 Å². The van der Waals surface area contributed by atoms with Crippen molar-refractivity contribution in [3.8, 4) is 5.75 Å². The molecule has 2 saturated heterocycles. The summed E-state index contributed by atoms with van der Waals surface area (Å²) >= 11 is 6.07. The van der Waals surface area contributed by atoms with E-state index >= 15 is 0 Å². The number of hydrogen-bond acceptors (Lipinski definition) is 7. The highest BCUT2D eigenvalue weighted by Gasteiger charge is 2.25. The number of rotatable bonds is 4. The number of carbonyl (C=O) groups excluding carboxylic acids is 1. The average Bonchev–Trinajstić information content (AvgIpc) is 2.79. The molecule has 2 aromatic rings. The van der Waals surface area contributed by atoms with Crippen molar-refractivity contribution < 1.29 is 14.3 Å². The number of anilines is 2. The van der Waals surface area contributed by atoms with Gasteiger partial charge in [-0.1, -0.05) is 11.6 Å². The first-order valence-electron chi connectivity index (χ1n) is 9.70. The highest BCUT2D eigenvalue weighted by molar-refractivity contribution is 6.31. The van der Waals surface area contributed by atoms with Crippen LogP contribution in [0.5, 0.6) is 5.75 Å². The number of hydrogen-bond donors (Lipinski definition) is 0. The molecule has 1 aromatic heterocycles. The number of ether oxygens (including phenoxy) is 2. The van der Waals surface area contributed by atoms with Crippen molar-refractivity contribution in [1.29, 1.82) is 0 Å². The summed E-state index contributed by atoms with van der Waals surface area (Å²) in [7, 11) is 1.55. The van der Waals surface area contributed by atoms with Crippen molar-refractivity contribution in [2.45, 2.75) is 0 Å². The Morgan fingerprint density at radius 3 is 2.17 bits per heavy atom. The zero-order valence-electron chi connectivity index (χ0n) is 16.4. The molecule has 0 bridgehead atoms. The summed E-state index contributed by atoms with van der Waals surface area (Å²) in [6.07, 6.45) is 0. The molecule has 2 aliphatic heterocycles. The minimum atomic E-state index is -0.0715. The van der Waals surface area contributed by atoms with E-state index in [-0.39, 0.29) is 5.91 Å². The second-order valence-electron chi connectivity index (χ2n) is 6.97. The van der Waals surface area contributed by atoms with Gasteiger partial charge in [-0.2, -0.15) is 0 Å². The number of aromatic nitrogens is 2. The number of piperazine rings is 1. The fourth-order valence-corrected chi connectivity index (χ4v) is 3.78. The van der Waals surface area contributed by atoms with E-state index in [4.69, 9.17) is 21.1 Å². The predicted octanol–water partition coefficient (Wildman–Crippen LogP) is 1.94. The van der Waals surface area contributed by atoms with Crippen LogP contribution in [0, 0.1) is 0 Å². The van der Waals surface area contributed by atoms with Crippen LogP contribution in [-0.4, -0.2) is 80.6 Å². The van der Waals surface area contributed by atoms with Crippen LogP contribution >= 0.6 is 11.6 Å². The Hall–Kier alpha value is -2.58. The Morgan fingerprint density at radius 2 is 1.59 bits per heavy atom. The van der Waals surface area contributed by atoms with Crippen LogP contribution in [0.25, 0.3) is 0 Å². The zero-order chi connectivity index (χ0) is 20.2. The first kappa shape index (κ1) is 19.7. The summed E-state index contributed by atoms with van der Waals surface area (Å²) < 4.78 is 10.7. The molecule has 2 fully saturated rings. The van der Waals surface area contributed by atoms with E-state index in [0.29, 0.717) is 42.5 Å². The summed E-state index contributed by atoms with van der Waals surface area (Å²) in [6, 6.07) is 9.09. The third-order valence-electron chi connectivity index (χ3n) is 5.25. The van der Waals surface area contributed by atoms with Gasteiger partial charge in [0.2, 0.25) is 0 Å². The zero-order valence-corrected chi connectivity index (χ0v) is 17.1. The van der Waals surface area contributed by atoms with E-state index in [1.165, 1.54) is 0 Å². The van der Waals surface area contributed by atoms with Crippen LogP contribution in [-0.2, 0) is 4.74 Å². The van der Waals surface area contributed by atoms with Crippen molar-refractivity contribution in [3.63, 3.8) is 0 Å². The molecule has 0 saturated carbocycles. The first-order chi connectivity index (χ1) is 14.2. The van der Waals surface area contributed by atoms with E-state index in [0.717, 1.165) is 37.9 Å². The molecule has 4 rings (SSSR count). The fourth-order valence-electron chi connectivity index (χ4n) is 3.60. The van der Waals surface area contributed by atoms with Gasteiger partial charge in [0.1, 0.15) is 5.75 Å². The number of halogens is 1. The largest absolute Gasteiger partial charge is 0.496 e. The van der Waals surface area contributed by atoms with E-state index in [1.54, 1.807) is 25.3 Å². The first-order valence-corrected chi connectivity index (χ1v) is 10.1. The molecule has 8 nitrogen and oxygen atoms in total. The molecule has 9 heteroatoms. The highest BCUT2D eigenvalue weighted by Crippen LogP contribution is 2.25. The second kappa shape index (κ2) is 8.84. The molecule has 1 aromatic carbocycles. The van der Waals surface area contributed by atoms with Crippen molar-refractivity contribution in [2.24, 2.45) is 0 Å². The van der Waals surface area contributed by atoms with Gasteiger partial charge in [-0.05, 0) is 30.3 Å². The predicted molar refractivity (Wildman–Crippen MR) is 111 cm³/mol. The Bertz CT molecular complexity index is 850. The van der Waals surface area contributed by atoms with Crippen molar-refractivity contribution >= 4 is 29.1 Å². The maximum atomic E-state index is 12.9. The van der Waals surface area contributed by atoms with Crippen LogP contribution in [0.1, 0.15) is 10.4 Å². The lowest BCUT2D eigenvalue weighted by atomic mass is 10.1. The molecule has 0 spiro atoms. The summed E-state index contributed by atoms with van der Waals surface area (Å²) in [5.41, 5.74) is 0.489. The Kier molecular flexibility index (Phi) is 6.01. The fraction of sp³-hybridized carbons (Fsp3) is 0.450. The summed E-state index contributed by atoms with van der Waals surface area (Å²) in [4.78, 5) is 19.1. The van der Waals surface area contributed by atoms with Gasteiger partial charge in [0, 0.05) is 44.3 Å². The normalized spacial score (nSPS) is 17.4. The summed E-state index contributed by atoms with van der Waals surface area (Å²) in [6.45, 7) is 5.69. The second-order valence-corrected chi connectivity index (χ2v) is 7.41. The number of morpholine rings is 1. The van der Waals surface area contributed by atoms with Gasteiger partial charge in [-0.3, -0.25) is 4.79 Å². The Morgan fingerprint density at radius 1 is 0.966 bits per heavy atom. The topological polar surface area (TPSA) is 71.0 Å². The molecule has 0 atom stereocenters. The third kappa shape index (κ3) is 4.38. The maximum Gasteiger partial charge on any atom is 0.257 e. The average molecular weight is 418 g/mol. The van der Waals surface area contributed by atoms with E-state index in [2.05, 4.69) is 20.0 Å². The number of nitrogens with zero attached hydrogens (tertiary/aromatic N) is 5. The molecule has 154 valence electrons. The molecule has 0 radical (unpaired) electrons. The van der Waals surface area contributed by atoms with Crippen LogP contribution in [0.4, 0.5) is 11.6 Å². The van der Waals surface area contributed by atoms with Gasteiger partial charge in [-0.15, -0.1) is 10.2 Å². The Labute approximate surface area is 175 Å². The minimum Gasteiger partial charge on any atom is -0.496 e.